The largest absolute Gasteiger partial charge is 0.368 e. The number of ether oxygens (including phenoxy) is 1. The Morgan fingerprint density at radius 2 is 2.07 bits per heavy atom. The molecule has 1 N–H and O–H groups in total. The summed E-state index contributed by atoms with van der Waals surface area (Å²) >= 11 is 0. The van der Waals surface area contributed by atoms with Gasteiger partial charge in [-0.25, -0.2) is 9.98 Å². The van der Waals surface area contributed by atoms with Crippen LogP contribution in [0, 0.1) is 0 Å². The first-order valence-electron chi connectivity index (χ1n) is 10.1. The average molecular weight is 389 g/mol. The van der Waals surface area contributed by atoms with Crippen molar-refractivity contribution in [3.63, 3.8) is 0 Å². The molecule has 1 aromatic heterocycles. The summed E-state index contributed by atoms with van der Waals surface area (Å²) in [6.45, 7) is 7.18. The number of aliphatic imine (C=N–C) groups is 1. The van der Waals surface area contributed by atoms with Crippen molar-refractivity contribution in [2.75, 3.05) is 58.3 Å². The lowest BCUT2D eigenvalue weighted by Crippen LogP contribution is -2.55. The van der Waals surface area contributed by atoms with Crippen LogP contribution in [0.5, 0.6) is 0 Å². The number of nitrogens with one attached hydrogen (secondary N) is 1. The number of amides is 1. The molecule has 0 bridgehead atoms. The number of guanidine groups is 1. The Morgan fingerprint density at radius 1 is 1.32 bits per heavy atom. The number of piperazine rings is 1. The maximum Gasteiger partial charge on any atom is 0.251 e. The van der Waals surface area contributed by atoms with E-state index in [4.69, 9.17) is 9.73 Å². The van der Waals surface area contributed by atoms with Gasteiger partial charge in [-0.15, -0.1) is 0 Å². The van der Waals surface area contributed by atoms with Gasteiger partial charge in [-0.2, -0.15) is 0 Å². The zero-order valence-electron chi connectivity index (χ0n) is 17.2. The minimum absolute atomic E-state index is 0.145. The van der Waals surface area contributed by atoms with Crippen LogP contribution in [-0.2, 0) is 16.1 Å². The Morgan fingerprint density at radius 3 is 2.71 bits per heavy atom. The van der Waals surface area contributed by atoms with Gasteiger partial charge in [0.25, 0.3) is 5.91 Å². The molecular weight excluding hydrogens is 356 g/mol. The number of aromatic nitrogens is 1. The molecule has 8 heteroatoms. The molecule has 3 rings (SSSR count). The van der Waals surface area contributed by atoms with Crippen LogP contribution in [-0.4, -0.2) is 86.2 Å². The summed E-state index contributed by atoms with van der Waals surface area (Å²) in [6, 6.07) is 4.06. The smallest absolute Gasteiger partial charge is 0.251 e. The topological polar surface area (TPSA) is 73.3 Å². The fraction of sp³-hybridized carbons (Fsp3) is 0.650. The third-order valence-electron chi connectivity index (χ3n) is 5.11. The van der Waals surface area contributed by atoms with Gasteiger partial charge in [-0.1, -0.05) is 0 Å². The van der Waals surface area contributed by atoms with E-state index in [1.807, 2.05) is 36.2 Å². The fourth-order valence-corrected chi connectivity index (χ4v) is 3.51. The van der Waals surface area contributed by atoms with E-state index in [2.05, 4.69) is 28.2 Å². The number of hydrogen-bond donors (Lipinski definition) is 1. The van der Waals surface area contributed by atoms with E-state index in [-0.39, 0.29) is 12.0 Å². The molecular formula is C20H32N6O2. The van der Waals surface area contributed by atoms with Crippen LogP contribution in [0.2, 0.25) is 0 Å². The van der Waals surface area contributed by atoms with Crippen molar-refractivity contribution in [1.29, 1.82) is 0 Å². The number of carbonyl (C=O) groups excluding carboxylic acids is 1. The number of pyridine rings is 1. The van der Waals surface area contributed by atoms with Crippen molar-refractivity contribution < 1.29 is 9.53 Å². The van der Waals surface area contributed by atoms with Gasteiger partial charge in [-0.3, -0.25) is 4.79 Å². The lowest BCUT2D eigenvalue weighted by Gasteiger charge is -2.37. The first kappa shape index (κ1) is 20.4. The van der Waals surface area contributed by atoms with Crippen LogP contribution < -0.4 is 10.2 Å². The van der Waals surface area contributed by atoms with Crippen LogP contribution in [0.4, 0.5) is 5.82 Å². The third-order valence-corrected chi connectivity index (χ3v) is 5.11. The van der Waals surface area contributed by atoms with Gasteiger partial charge in [0.1, 0.15) is 11.9 Å². The minimum atomic E-state index is -0.231. The predicted molar refractivity (Wildman–Crippen MR) is 111 cm³/mol. The first-order valence-corrected chi connectivity index (χ1v) is 10.1. The molecule has 0 aliphatic carbocycles. The quantitative estimate of drug-likeness (QED) is 0.598. The molecule has 8 nitrogen and oxygen atoms in total. The monoisotopic (exact) mass is 388 g/mol. The minimum Gasteiger partial charge on any atom is -0.368 e. The lowest BCUT2D eigenvalue weighted by atomic mass is 10.2. The fourth-order valence-electron chi connectivity index (χ4n) is 3.51. The second-order valence-corrected chi connectivity index (χ2v) is 7.40. The van der Waals surface area contributed by atoms with Gasteiger partial charge >= 0.3 is 0 Å². The summed E-state index contributed by atoms with van der Waals surface area (Å²) < 4.78 is 5.55. The Balaban J connectivity index is 1.59. The summed E-state index contributed by atoms with van der Waals surface area (Å²) in [5, 5.41) is 3.38. The maximum absolute atomic E-state index is 12.5. The molecule has 1 aromatic rings. The van der Waals surface area contributed by atoms with Crippen molar-refractivity contribution in [2.24, 2.45) is 4.99 Å². The number of hydrogen-bond acceptors (Lipinski definition) is 5. The molecule has 3 heterocycles. The zero-order chi connectivity index (χ0) is 19.9. The molecule has 1 atom stereocenters. The number of rotatable bonds is 5. The summed E-state index contributed by atoms with van der Waals surface area (Å²) in [5.41, 5.74) is 1.13. The van der Waals surface area contributed by atoms with Crippen molar-refractivity contribution in [3.05, 3.63) is 23.9 Å². The average Bonchev–Trinajstić information content (AvgIpc) is 3.26. The zero-order valence-corrected chi connectivity index (χ0v) is 17.2. The highest BCUT2D eigenvalue weighted by molar-refractivity contribution is 5.82. The summed E-state index contributed by atoms with van der Waals surface area (Å²) in [6.07, 6.45) is 3.43. The highest BCUT2D eigenvalue weighted by atomic mass is 16.5. The number of nitrogens with zero attached hydrogens (tertiary/aromatic N) is 5. The van der Waals surface area contributed by atoms with E-state index < -0.39 is 0 Å². The second kappa shape index (κ2) is 9.73. The second-order valence-electron chi connectivity index (χ2n) is 7.40. The molecule has 2 aliphatic rings. The molecule has 2 fully saturated rings. The van der Waals surface area contributed by atoms with Crippen LogP contribution in [0.15, 0.2) is 23.3 Å². The van der Waals surface area contributed by atoms with Crippen molar-refractivity contribution in [2.45, 2.75) is 32.4 Å². The molecule has 1 amide bonds. The first-order chi connectivity index (χ1) is 13.6. The van der Waals surface area contributed by atoms with Gasteiger partial charge < -0.3 is 24.8 Å². The lowest BCUT2D eigenvalue weighted by molar-refractivity contribution is -0.142. The van der Waals surface area contributed by atoms with Crippen LogP contribution >= 0.6 is 0 Å². The van der Waals surface area contributed by atoms with Gasteiger partial charge in [0.05, 0.1) is 6.54 Å². The molecule has 1 unspecified atom stereocenters. The highest BCUT2D eigenvalue weighted by Gasteiger charge is 2.30. The van der Waals surface area contributed by atoms with Gasteiger partial charge in [0.2, 0.25) is 0 Å². The van der Waals surface area contributed by atoms with E-state index in [0.717, 1.165) is 49.8 Å². The van der Waals surface area contributed by atoms with Gasteiger partial charge in [0.15, 0.2) is 5.96 Å². The molecule has 154 valence electrons. The molecule has 0 saturated carbocycles. The van der Waals surface area contributed by atoms with E-state index >= 15 is 0 Å². The molecule has 2 saturated heterocycles. The predicted octanol–water partition coefficient (Wildman–Crippen LogP) is 0.936. The molecule has 0 spiro atoms. The van der Waals surface area contributed by atoms with Gasteiger partial charge in [-0.05, 0) is 37.5 Å². The Hall–Kier alpha value is -2.35. The van der Waals surface area contributed by atoms with E-state index in [9.17, 15) is 4.79 Å². The summed E-state index contributed by atoms with van der Waals surface area (Å²) in [5.74, 6) is 1.97. The highest BCUT2D eigenvalue weighted by Crippen LogP contribution is 2.16. The number of anilines is 1. The normalized spacial score (nSPS) is 20.4. The van der Waals surface area contributed by atoms with Crippen molar-refractivity contribution >= 4 is 17.7 Å². The molecule has 0 radical (unpaired) electrons. The molecule has 28 heavy (non-hydrogen) atoms. The maximum atomic E-state index is 12.5. The van der Waals surface area contributed by atoms with Crippen LogP contribution in [0.1, 0.15) is 25.3 Å². The van der Waals surface area contributed by atoms with Crippen LogP contribution in [0.3, 0.4) is 0 Å². The molecule has 2 aliphatic heterocycles. The Kier molecular flexibility index (Phi) is 7.08. The standard InChI is InChI=1S/C20H32N6O2/c1-4-21-20(23-15-16-7-8-22-18(14-16)24(2)3)26-11-9-25(10-12-26)19(27)17-6-5-13-28-17/h7-8,14,17H,4-6,9-13,15H2,1-3H3,(H,21,23). The van der Waals surface area contributed by atoms with E-state index in [0.29, 0.717) is 26.2 Å². The van der Waals surface area contributed by atoms with Crippen molar-refractivity contribution in [3.8, 4) is 0 Å². The molecule has 0 aromatic carbocycles. The van der Waals surface area contributed by atoms with E-state index in [1.54, 1.807) is 0 Å². The number of carbonyl (C=O) groups is 1. The van der Waals surface area contributed by atoms with Gasteiger partial charge in [0, 0.05) is 59.6 Å². The third kappa shape index (κ3) is 5.13. The van der Waals surface area contributed by atoms with E-state index in [1.165, 1.54) is 0 Å². The Bertz CT molecular complexity index is 679. The van der Waals surface area contributed by atoms with Crippen LogP contribution in [0.25, 0.3) is 0 Å². The summed E-state index contributed by atoms with van der Waals surface area (Å²) in [4.78, 5) is 27.8. The summed E-state index contributed by atoms with van der Waals surface area (Å²) in [7, 11) is 3.97. The van der Waals surface area contributed by atoms with Crippen molar-refractivity contribution in [1.82, 2.24) is 20.1 Å². The Labute approximate surface area is 167 Å². The SMILES string of the molecule is CCNC(=NCc1ccnc(N(C)C)c1)N1CCN(C(=O)C2CCCO2)CC1.